The molecule has 2 heterocycles. The van der Waals surface area contributed by atoms with Crippen molar-refractivity contribution in [1.29, 1.82) is 0 Å². The molecule has 0 radical (unpaired) electrons. The number of hydrogen-bond donors (Lipinski definition) is 1. The lowest BCUT2D eigenvalue weighted by atomic mass is 9.85. The van der Waals surface area contributed by atoms with Crippen molar-refractivity contribution in [2.45, 2.75) is 76.4 Å². The van der Waals surface area contributed by atoms with Gasteiger partial charge in [0.15, 0.2) is 0 Å². The van der Waals surface area contributed by atoms with E-state index in [4.69, 9.17) is 10.8 Å². The van der Waals surface area contributed by atoms with E-state index in [1.165, 1.54) is 43.5 Å². The van der Waals surface area contributed by atoms with Crippen molar-refractivity contribution < 1.29 is 0 Å². The molecule has 2 aliphatic rings. The molecule has 1 aliphatic heterocycles. The molecule has 0 aromatic carbocycles. The summed E-state index contributed by atoms with van der Waals surface area (Å²) in [6.45, 7) is 7.95. The van der Waals surface area contributed by atoms with Gasteiger partial charge in [-0.15, -0.1) is 0 Å². The number of rotatable bonds is 2. The van der Waals surface area contributed by atoms with Crippen molar-refractivity contribution >= 4 is 0 Å². The summed E-state index contributed by atoms with van der Waals surface area (Å²) in [5.41, 5.74) is 9.26. The first kappa shape index (κ1) is 15.0. The van der Waals surface area contributed by atoms with Crippen LogP contribution in [-0.2, 0) is 12.5 Å². The summed E-state index contributed by atoms with van der Waals surface area (Å²) in [5.74, 6) is 0. The first-order valence-corrected chi connectivity index (χ1v) is 8.43. The van der Waals surface area contributed by atoms with Crippen molar-refractivity contribution in [3.63, 3.8) is 0 Å². The van der Waals surface area contributed by atoms with E-state index >= 15 is 0 Å². The van der Waals surface area contributed by atoms with Crippen molar-refractivity contribution in [2.75, 3.05) is 6.54 Å². The minimum atomic E-state index is 0.0673. The summed E-state index contributed by atoms with van der Waals surface area (Å²) in [5, 5.41) is 4.77. The summed E-state index contributed by atoms with van der Waals surface area (Å²) in [6.07, 6.45) is 8.57. The van der Waals surface area contributed by atoms with Crippen molar-refractivity contribution in [3.05, 3.63) is 17.5 Å². The Kier molecular flexibility index (Phi) is 3.87. The van der Waals surface area contributed by atoms with Crippen LogP contribution < -0.4 is 5.73 Å². The minimum absolute atomic E-state index is 0.0673. The monoisotopic (exact) mass is 290 g/mol. The Bertz CT molecular complexity index is 495. The van der Waals surface area contributed by atoms with E-state index in [1.807, 2.05) is 11.7 Å². The number of aromatic nitrogens is 2. The Labute approximate surface area is 128 Å². The highest BCUT2D eigenvalue weighted by Crippen LogP contribution is 2.41. The number of nitrogens with zero attached hydrogens (tertiary/aromatic N) is 3. The second-order valence-corrected chi connectivity index (χ2v) is 7.93. The van der Waals surface area contributed by atoms with Gasteiger partial charge in [-0.2, -0.15) is 5.10 Å². The van der Waals surface area contributed by atoms with E-state index in [-0.39, 0.29) is 11.5 Å². The Hall–Kier alpha value is -0.870. The van der Waals surface area contributed by atoms with E-state index in [9.17, 15) is 0 Å². The summed E-state index contributed by atoms with van der Waals surface area (Å²) >= 11 is 0. The standard InChI is InChI=1S/C17H30N4/c1-17(2,3)16-13(11-20(4)19-16)15-14(18)7-5-6-10-21(15)12-8-9-12/h11-12,14-15H,5-10,18H2,1-4H3. The fourth-order valence-electron chi connectivity index (χ4n) is 3.75. The topological polar surface area (TPSA) is 47.1 Å². The van der Waals surface area contributed by atoms with E-state index in [2.05, 4.69) is 31.9 Å². The van der Waals surface area contributed by atoms with Crippen LogP contribution in [0.5, 0.6) is 0 Å². The Morgan fingerprint density at radius 3 is 2.52 bits per heavy atom. The van der Waals surface area contributed by atoms with Gasteiger partial charge < -0.3 is 5.73 Å². The second kappa shape index (κ2) is 5.40. The van der Waals surface area contributed by atoms with E-state index < -0.39 is 0 Å². The molecule has 1 aromatic heterocycles. The Balaban J connectivity index is 2.02. The third-order valence-corrected chi connectivity index (χ3v) is 4.87. The van der Waals surface area contributed by atoms with Crippen LogP contribution >= 0.6 is 0 Å². The smallest absolute Gasteiger partial charge is 0.0726 e. The van der Waals surface area contributed by atoms with Gasteiger partial charge in [0.25, 0.3) is 0 Å². The number of likely N-dealkylation sites (tertiary alicyclic amines) is 1. The average molecular weight is 290 g/mol. The molecule has 4 nitrogen and oxygen atoms in total. The van der Waals surface area contributed by atoms with Crippen molar-refractivity contribution in [1.82, 2.24) is 14.7 Å². The van der Waals surface area contributed by atoms with Crippen LogP contribution in [0.4, 0.5) is 0 Å². The molecule has 21 heavy (non-hydrogen) atoms. The molecule has 0 bridgehead atoms. The average Bonchev–Trinajstić information content (AvgIpc) is 3.15. The zero-order chi connectivity index (χ0) is 15.2. The summed E-state index contributed by atoms with van der Waals surface area (Å²) in [6, 6.07) is 1.34. The van der Waals surface area contributed by atoms with Crippen LogP contribution in [0.25, 0.3) is 0 Å². The first-order valence-electron chi connectivity index (χ1n) is 8.43. The lowest BCUT2D eigenvalue weighted by Gasteiger charge is -2.35. The van der Waals surface area contributed by atoms with Gasteiger partial charge >= 0.3 is 0 Å². The van der Waals surface area contributed by atoms with Crippen LogP contribution in [0.1, 0.15) is 70.2 Å². The maximum atomic E-state index is 6.61. The van der Waals surface area contributed by atoms with Gasteiger partial charge in [-0.1, -0.05) is 27.2 Å². The zero-order valence-electron chi connectivity index (χ0n) is 14.0. The highest BCUT2D eigenvalue weighted by molar-refractivity contribution is 5.29. The van der Waals surface area contributed by atoms with Gasteiger partial charge in [-0.25, -0.2) is 0 Å². The van der Waals surface area contributed by atoms with Gasteiger partial charge in [0.1, 0.15) is 0 Å². The van der Waals surface area contributed by atoms with Gasteiger partial charge in [0.05, 0.1) is 11.7 Å². The first-order chi connectivity index (χ1) is 9.88. The molecule has 1 aliphatic carbocycles. The van der Waals surface area contributed by atoms with E-state index in [1.54, 1.807) is 0 Å². The molecule has 2 atom stereocenters. The van der Waals surface area contributed by atoms with Crippen LogP contribution in [0.3, 0.4) is 0 Å². The Morgan fingerprint density at radius 1 is 1.19 bits per heavy atom. The molecule has 1 aromatic rings. The molecule has 1 saturated carbocycles. The molecule has 118 valence electrons. The van der Waals surface area contributed by atoms with E-state index in [0.29, 0.717) is 6.04 Å². The summed E-state index contributed by atoms with van der Waals surface area (Å²) < 4.78 is 1.97. The predicted molar refractivity (Wildman–Crippen MR) is 86.2 cm³/mol. The van der Waals surface area contributed by atoms with E-state index in [0.717, 1.165) is 12.5 Å². The highest BCUT2D eigenvalue weighted by Gasteiger charge is 2.40. The predicted octanol–water partition coefficient (Wildman–Crippen LogP) is 2.73. The number of nitrogens with two attached hydrogens (primary N) is 1. The van der Waals surface area contributed by atoms with Crippen molar-refractivity contribution in [2.24, 2.45) is 12.8 Å². The third-order valence-electron chi connectivity index (χ3n) is 4.87. The highest BCUT2D eigenvalue weighted by atomic mass is 15.3. The zero-order valence-corrected chi connectivity index (χ0v) is 14.0. The SMILES string of the molecule is Cn1cc(C2C(N)CCCCN2C2CC2)c(C(C)(C)C)n1. The molecular formula is C17H30N4. The molecular weight excluding hydrogens is 260 g/mol. The maximum absolute atomic E-state index is 6.61. The molecule has 4 heteroatoms. The molecule has 2 unspecified atom stereocenters. The molecule has 0 amide bonds. The quantitative estimate of drug-likeness (QED) is 0.911. The lowest BCUT2D eigenvalue weighted by Crippen LogP contribution is -2.41. The van der Waals surface area contributed by atoms with Gasteiger partial charge in [-0.3, -0.25) is 9.58 Å². The molecule has 2 fully saturated rings. The van der Waals surface area contributed by atoms with Gasteiger partial charge in [0.2, 0.25) is 0 Å². The molecule has 0 spiro atoms. The second-order valence-electron chi connectivity index (χ2n) is 7.93. The number of aryl methyl sites for hydroxylation is 1. The summed E-state index contributed by atoms with van der Waals surface area (Å²) in [4.78, 5) is 2.68. The normalized spacial score (nSPS) is 28.6. The van der Waals surface area contributed by atoms with Crippen LogP contribution in [0.15, 0.2) is 6.20 Å². The van der Waals surface area contributed by atoms with Crippen LogP contribution in [0, 0.1) is 0 Å². The largest absolute Gasteiger partial charge is 0.326 e. The minimum Gasteiger partial charge on any atom is -0.326 e. The third kappa shape index (κ3) is 3.02. The van der Waals surface area contributed by atoms with Gasteiger partial charge in [0, 0.05) is 36.3 Å². The summed E-state index contributed by atoms with van der Waals surface area (Å²) in [7, 11) is 2.03. The van der Waals surface area contributed by atoms with Crippen molar-refractivity contribution in [3.8, 4) is 0 Å². The van der Waals surface area contributed by atoms with Gasteiger partial charge in [-0.05, 0) is 32.2 Å². The molecule has 3 rings (SSSR count). The van der Waals surface area contributed by atoms with Crippen LogP contribution in [0.2, 0.25) is 0 Å². The number of hydrogen-bond acceptors (Lipinski definition) is 3. The lowest BCUT2D eigenvalue weighted by molar-refractivity contribution is 0.174. The fourth-order valence-corrected chi connectivity index (χ4v) is 3.75. The fraction of sp³-hybridized carbons (Fsp3) is 0.824. The Morgan fingerprint density at radius 2 is 1.90 bits per heavy atom. The molecule has 2 N–H and O–H groups in total. The van der Waals surface area contributed by atoms with Crippen LogP contribution in [-0.4, -0.2) is 33.3 Å². The molecule has 1 saturated heterocycles. The maximum Gasteiger partial charge on any atom is 0.0726 e.